The molecule has 0 aliphatic heterocycles. The second kappa shape index (κ2) is 11.2. The fourth-order valence-electron chi connectivity index (χ4n) is 7.62. The highest BCUT2D eigenvalue weighted by Gasteiger charge is 2.21. The SMILES string of the molecule is c1ccc(-c2nc(-c3ccc4ccc5ccccc5c4c3)nc(-c3ccc(-c4ccc5oc6ccccc6c5c4)c4oc5ccccc5c34)n2)cc1. The lowest BCUT2D eigenvalue weighted by Gasteiger charge is -2.12. The Hall–Kier alpha value is -7.11. The smallest absolute Gasteiger partial charge is 0.164 e. The molecule has 3 heterocycles. The second-order valence-electron chi connectivity index (χ2n) is 13.2. The minimum Gasteiger partial charge on any atom is -0.456 e. The molecule has 0 aliphatic carbocycles. The number of hydrogen-bond acceptors (Lipinski definition) is 5. The molecule has 0 amide bonds. The molecule has 0 bridgehead atoms. The van der Waals surface area contributed by atoms with Crippen molar-refractivity contribution in [1.29, 1.82) is 0 Å². The number of aromatic nitrogens is 3. The van der Waals surface area contributed by atoms with E-state index in [4.69, 9.17) is 23.8 Å². The van der Waals surface area contributed by atoms with Gasteiger partial charge in [-0.1, -0.05) is 121 Å². The average Bonchev–Trinajstić information content (AvgIpc) is 3.79. The molecule has 3 aromatic heterocycles. The van der Waals surface area contributed by atoms with Crippen LogP contribution in [0.25, 0.3) is 111 Å². The molecule has 5 nitrogen and oxygen atoms in total. The number of hydrogen-bond donors (Lipinski definition) is 0. The van der Waals surface area contributed by atoms with E-state index >= 15 is 0 Å². The number of rotatable bonds is 4. The first-order chi connectivity index (χ1) is 25.7. The van der Waals surface area contributed by atoms with Gasteiger partial charge in [0, 0.05) is 43.8 Å². The molecule has 0 atom stereocenters. The van der Waals surface area contributed by atoms with Crippen LogP contribution in [0, 0.1) is 0 Å². The molecule has 8 aromatic carbocycles. The average molecular weight is 666 g/mol. The summed E-state index contributed by atoms with van der Waals surface area (Å²) in [6.07, 6.45) is 0. The summed E-state index contributed by atoms with van der Waals surface area (Å²) in [4.78, 5) is 15.4. The van der Waals surface area contributed by atoms with Crippen LogP contribution in [0.3, 0.4) is 0 Å². The van der Waals surface area contributed by atoms with E-state index in [2.05, 4.69) is 91.0 Å². The van der Waals surface area contributed by atoms with Crippen molar-refractivity contribution in [2.24, 2.45) is 0 Å². The molecule has 0 aliphatic rings. The van der Waals surface area contributed by atoms with Crippen LogP contribution in [0.15, 0.2) is 173 Å². The van der Waals surface area contributed by atoms with Crippen molar-refractivity contribution in [1.82, 2.24) is 15.0 Å². The third kappa shape index (κ3) is 4.46. The topological polar surface area (TPSA) is 65.0 Å². The molecule has 0 radical (unpaired) electrons. The lowest BCUT2D eigenvalue weighted by molar-refractivity contribution is 0.668. The maximum Gasteiger partial charge on any atom is 0.164 e. The summed E-state index contributed by atoms with van der Waals surface area (Å²) in [5.41, 5.74) is 8.07. The van der Waals surface area contributed by atoms with Gasteiger partial charge in [-0.15, -0.1) is 0 Å². The van der Waals surface area contributed by atoms with Crippen molar-refractivity contribution < 1.29 is 8.83 Å². The van der Waals surface area contributed by atoms with E-state index in [-0.39, 0.29) is 0 Å². The van der Waals surface area contributed by atoms with Gasteiger partial charge in [0.1, 0.15) is 22.3 Å². The Kier molecular flexibility index (Phi) is 6.18. The van der Waals surface area contributed by atoms with Gasteiger partial charge in [-0.05, 0) is 69.6 Å². The van der Waals surface area contributed by atoms with Gasteiger partial charge in [-0.2, -0.15) is 0 Å². The van der Waals surface area contributed by atoms with Crippen LogP contribution >= 0.6 is 0 Å². The van der Waals surface area contributed by atoms with Gasteiger partial charge in [-0.3, -0.25) is 0 Å². The number of furan rings is 2. The number of fused-ring (bicyclic) bond motifs is 9. The largest absolute Gasteiger partial charge is 0.456 e. The summed E-state index contributed by atoms with van der Waals surface area (Å²) >= 11 is 0. The fourth-order valence-corrected chi connectivity index (χ4v) is 7.62. The molecular weight excluding hydrogens is 639 g/mol. The Bertz CT molecular complexity index is 3190. The second-order valence-corrected chi connectivity index (χ2v) is 13.2. The minimum absolute atomic E-state index is 0.584. The van der Waals surface area contributed by atoms with Gasteiger partial charge in [0.2, 0.25) is 0 Å². The van der Waals surface area contributed by atoms with E-state index in [9.17, 15) is 0 Å². The molecule has 0 unspecified atom stereocenters. The number of benzene rings is 8. The summed E-state index contributed by atoms with van der Waals surface area (Å²) in [5, 5.41) is 8.85. The van der Waals surface area contributed by atoms with Gasteiger partial charge in [0.15, 0.2) is 17.5 Å². The molecule has 0 spiro atoms. The summed E-state index contributed by atoms with van der Waals surface area (Å²) in [7, 11) is 0. The van der Waals surface area contributed by atoms with E-state index < -0.39 is 0 Å². The Morgan fingerprint density at radius 1 is 0.327 bits per heavy atom. The fraction of sp³-hybridized carbons (Fsp3) is 0. The third-order valence-corrected chi connectivity index (χ3v) is 10.1. The molecule has 0 saturated heterocycles. The lowest BCUT2D eigenvalue weighted by Crippen LogP contribution is -2.00. The molecule has 5 heteroatoms. The van der Waals surface area contributed by atoms with Crippen molar-refractivity contribution in [3.63, 3.8) is 0 Å². The number of nitrogens with zero attached hydrogens (tertiary/aromatic N) is 3. The highest BCUT2D eigenvalue weighted by atomic mass is 16.3. The summed E-state index contributed by atoms with van der Waals surface area (Å²) in [6, 6.07) is 56.3. The van der Waals surface area contributed by atoms with E-state index in [1.807, 2.05) is 72.8 Å². The molecule has 11 aromatic rings. The zero-order valence-corrected chi connectivity index (χ0v) is 27.7. The van der Waals surface area contributed by atoms with Gasteiger partial charge in [0.25, 0.3) is 0 Å². The van der Waals surface area contributed by atoms with Gasteiger partial charge in [0.05, 0.1) is 0 Å². The van der Waals surface area contributed by atoms with E-state index in [0.29, 0.717) is 17.5 Å². The molecule has 11 rings (SSSR count). The molecule has 242 valence electrons. The van der Waals surface area contributed by atoms with E-state index in [1.54, 1.807) is 0 Å². The molecule has 0 N–H and O–H groups in total. The van der Waals surface area contributed by atoms with Crippen LogP contribution in [-0.4, -0.2) is 15.0 Å². The summed E-state index contributed by atoms with van der Waals surface area (Å²) < 4.78 is 12.9. The van der Waals surface area contributed by atoms with Crippen LogP contribution in [-0.2, 0) is 0 Å². The van der Waals surface area contributed by atoms with Gasteiger partial charge < -0.3 is 8.83 Å². The maximum atomic E-state index is 6.71. The summed E-state index contributed by atoms with van der Waals surface area (Å²) in [6.45, 7) is 0. The zero-order valence-electron chi connectivity index (χ0n) is 27.7. The highest BCUT2D eigenvalue weighted by molar-refractivity contribution is 6.16. The van der Waals surface area contributed by atoms with Crippen molar-refractivity contribution in [3.05, 3.63) is 164 Å². The Morgan fingerprint density at radius 2 is 0.904 bits per heavy atom. The van der Waals surface area contributed by atoms with E-state index in [0.717, 1.165) is 77.1 Å². The first kappa shape index (κ1) is 28.7. The number of para-hydroxylation sites is 2. The highest BCUT2D eigenvalue weighted by Crippen LogP contribution is 2.43. The molecular formula is C47H27N3O2. The van der Waals surface area contributed by atoms with Gasteiger partial charge >= 0.3 is 0 Å². The monoisotopic (exact) mass is 665 g/mol. The molecule has 52 heavy (non-hydrogen) atoms. The van der Waals surface area contributed by atoms with Crippen LogP contribution in [0.5, 0.6) is 0 Å². The molecule has 0 fully saturated rings. The standard InChI is InChI=1S/C47H27N3O2/c1-2-11-30(12-3-1)45-48-46(32-21-20-29-19-18-28-10-4-5-13-33(28)38(29)27-32)50-47(49-45)37-24-23-34(44-43(37)36-15-7-9-17-41(36)52-44)31-22-25-42-39(26-31)35-14-6-8-16-40(35)51-42/h1-27H. The molecule has 0 saturated carbocycles. The van der Waals surface area contributed by atoms with Crippen molar-refractivity contribution in [3.8, 4) is 45.3 Å². The van der Waals surface area contributed by atoms with Crippen molar-refractivity contribution in [2.75, 3.05) is 0 Å². The van der Waals surface area contributed by atoms with Crippen LogP contribution in [0.2, 0.25) is 0 Å². The van der Waals surface area contributed by atoms with Crippen LogP contribution in [0.1, 0.15) is 0 Å². The van der Waals surface area contributed by atoms with Crippen molar-refractivity contribution >= 4 is 65.4 Å². The Morgan fingerprint density at radius 3 is 1.75 bits per heavy atom. The predicted octanol–water partition coefficient (Wildman–Crippen LogP) is 12.6. The zero-order chi connectivity index (χ0) is 34.2. The predicted molar refractivity (Wildman–Crippen MR) is 211 cm³/mol. The Labute approximate surface area is 297 Å². The van der Waals surface area contributed by atoms with Crippen LogP contribution in [0.4, 0.5) is 0 Å². The van der Waals surface area contributed by atoms with Crippen LogP contribution < -0.4 is 0 Å². The summed E-state index contributed by atoms with van der Waals surface area (Å²) in [5.74, 6) is 1.81. The third-order valence-electron chi connectivity index (χ3n) is 10.1. The van der Waals surface area contributed by atoms with E-state index in [1.165, 1.54) is 16.2 Å². The lowest BCUT2D eigenvalue weighted by atomic mass is 9.97. The maximum absolute atomic E-state index is 6.71. The first-order valence-electron chi connectivity index (χ1n) is 17.3. The first-order valence-corrected chi connectivity index (χ1v) is 17.3. The minimum atomic E-state index is 0.584. The normalized spacial score (nSPS) is 11.8. The van der Waals surface area contributed by atoms with Gasteiger partial charge in [-0.25, -0.2) is 15.0 Å². The quantitative estimate of drug-likeness (QED) is 0.175. The Balaban J connectivity index is 1.16. The van der Waals surface area contributed by atoms with Crippen molar-refractivity contribution in [2.45, 2.75) is 0 Å².